The highest BCUT2D eigenvalue weighted by Crippen LogP contribution is 2.29. The standard InChI is InChI=1S/C26H27ClN2O4/c1-3-4-14-32-23-13-11-22(27)15-21(23)17-28-29-26(30)20-10-12-24(25(16-20)31-2)33-18-19-8-6-5-7-9-19/h5-13,15-17H,3-4,14,18H2,1-2H3,(H,29,30)/b28-17+. The van der Waals surface area contributed by atoms with E-state index in [-0.39, 0.29) is 5.91 Å². The Hall–Kier alpha value is -3.51. The number of amides is 1. The maximum atomic E-state index is 12.6. The van der Waals surface area contributed by atoms with Crippen molar-refractivity contribution in [1.82, 2.24) is 5.43 Å². The molecule has 0 heterocycles. The smallest absolute Gasteiger partial charge is 0.271 e. The second-order valence-corrected chi connectivity index (χ2v) is 7.66. The van der Waals surface area contributed by atoms with E-state index in [4.69, 9.17) is 25.8 Å². The molecule has 7 heteroatoms. The lowest BCUT2D eigenvalue weighted by Crippen LogP contribution is -2.17. The molecule has 0 aliphatic rings. The van der Waals surface area contributed by atoms with Gasteiger partial charge in [-0.3, -0.25) is 4.79 Å². The summed E-state index contributed by atoms with van der Waals surface area (Å²) in [7, 11) is 1.53. The molecule has 0 aromatic heterocycles. The normalized spacial score (nSPS) is 10.8. The van der Waals surface area contributed by atoms with Crippen LogP contribution in [-0.2, 0) is 6.61 Å². The third-order valence-corrected chi connectivity index (χ3v) is 5.00. The predicted molar refractivity (Wildman–Crippen MR) is 131 cm³/mol. The minimum absolute atomic E-state index is 0.380. The molecule has 172 valence electrons. The maximum absolute atomic E-state index is 12.6. The van der Waals surface area contributed by atoms with Crippen molar-refractivity contribution in [3.05, 3.63) is 88.4 Å². The summed E-state index contributed by atoms with van der Waals surface area (Å²) >= 11 is 6.10. The Labute approximate surface area is 199 Å². The number of nitrogens with one attached hydrogen (secondary N) is 1. The molecular weight excluding hydrogens is 440 g/mol. The van der Waals surface area contributed by atoms with Gasteiger partial charge in [0.1, 0.15) is 12.4 Å². The van der Waals surface area contributed by atoms with Crippen LogP contribution in [0.25, 0.3) is 0 Å². The van der Waals surface area contributed by atoms with Crippen molar-refractivity contribution in [2.24, 2.45) is 5.10 Å². The van der Waals surface area contributed by atoms with Crippen molar-refractivity contribution < 1.29 is 19.0 Å². The van der Waals surface area contributed by atoms with Gasteiger partial charge in [-0.15, -0.1) is 0 Å². The molecule has 0 unspecified atom stereocenters. The molecule has 0 fully saturated rings. The third-order valence-electron chi connectivity index (χ3n) is 4.76. The largest absolute Gasteiger partial charge is 0.493 e. The molecule has 3 aromatic rings. The fourth-order valence-corrected chi connectivity index (χ4v) is 3.15. The van der Waals surface area contributed by atoms with Crippen molar-refractivity contribution in [3.8, 4) is 17.2 Å². The molecule has 0 spiro atoms. The average molecular weight is 467 g/mol. The first-order valence-corrected chi connectivity index (χ1v) is 11.1. The number of benzene rings is 3. The fourth-order valence-electron chi connectivity index (χ4n) is 2.97. The van der Waals surface area contributed by atoms with Gasteiger partial charge >= 0.3 is 0 Å². The van der Waals surface area contributed by atoms with Crippen LogP contribution in [-0.4, -0.2) is 25.8 Å². The van der Waals surface area contributed by atoms with Gasteiger partial charge in [-0.1, -0.05) is 55.3 Å². The zero-order valence-electron chi connectivity index (χ0n) is 18.7. The zero-order valence-corrected chi connectivity index (χ0v) is 19.5. The predicted octanol–water partition coefficient (Wildman–Crippen LogP) is 5.87. The van der Waals surface area contributed by atoms with Crippen LogP contribution in [0.5, 0.6) is 17.2 Å². The van der Waals surface area contributed by atoms with Gasteiger partial charge in [0.25, 0.3) is 5.91 Å². The lowest BCUT2D eigenvalue weighted by atomic mass is 10.2. The Morgan fingerprint density at radius 2 is 1.79 bits per heavy atom. The number of carbonyl (C=O) groups excluding carboxylic acids is 1. The maximum Gasteiger partial charge on any atom is 0.271 e. The SMILES string of the molecule is CCCCOc1ccc(Cl)cc1/C=N/NC(=O)c1ccc(OCc2ccccc2)c(OC)c1. The van der Waals surface area contributed by atoms with E-state index in [0.29, 0.717) is 46.6 Å². The van der Waals surface area contributed by atoms with Gasteiger partial charge < -0.3 is 14.2 Å². The Bertz CT molecular complexity index is 1090. The van der Waals surface area contributed by atoms with E-state index < -0.39 is 0 Å². The number of methoxy groups -OCH3 is 1. The number of nitrogens with zero attached hydrogens (tertiary/aromatic N) is 1. The van der Waals surface area contributed by atoms with Crippen LogP contribution in [0, 0.1) is 0 Å². The van der Waals surface area contributed by atoms with E-state index >= 15 is 0 Å². The van der Waals surface area contributed by atoms with E-state index in [1.165, 1.54) is 13.3 Å². The zero-order chi connectivity index (χ0) is 23.5. The number of halogens is 1. The average Bonchev–Trinajstić information content (AvgIpc) is 2.84. The monoisotopic (exact) mass is 466 g/mol. The molecule has 6 nitrogen and oxygen atoms in total. The van der Waals surface area contributed by atoms with Crippen molar-refractivity contribution in [3.63, 3.8) is 0 Å². The summed E-state index contributed by atoms with van der Waals surface area (Å²) in [6, 6.07) is 20.1. The molecule has 1 amide bonds. The van der Waals surface area contributed by atoms with Gasteiger partial charge in [-0.2, -0.15) is 5.10 Å². The van der Waals surface area contributed by atoms with Crippen LogP contribution in [0.2, 0.25) is 5.02 Å². The number of hydrogen-bond donors (Lipinski definition) is 1. The first-order valence-electron chi connectivity index (χ1n) is 10.7. The first kappa shape index (κ1) is 24.1. The summed E-state index contributed by atoms with van der Waals surface area (Å²) in [5.74, 6) is 1.29. The quantitative estimate of drug-likeness (QED) is 0.218. The first-order chi connectivity index (χ1) is 16.1. The van der Waals surface area contributed by atoms with Crippen LogP contribution in [0.4, 0.5) is 0 Å². The van der Waals surface area contributed by atoms with Crippen LogP contribution in [0.1, 0.15) is 41.3 Å². The molecule has 3 aromatic carbocycles. The topological polar surface area (TPSA) is 69.2 Å². The van der Waals surface area contributed by atoms with E-state index in [2.05, 4.69) is 17.5 Å². The third kappa shape index (κ3) is 7.26. The number of hydrogen-bond acceptors (Lipinski definition) is 5. The highest BCUT2D eigenvalue weighted by atomic mass is 35.5. The minimum atomic E-state index is -0.380. The molecule has 0 radical (unpaired) electrons. The Morgan fingerprint density at radius 3 is 2.55 bits per heavy atom. The second-order valence-electron chi connectivity index (χ2n) is 7.22. The summed E-state index contributed by atoms with van der Waals surface area (Å²) in [4.78, 5) is 12.6. The summed E-state index contributed by atoms with van der Waals surface area (Å²) < 4.78 is 17.0. The van der Waals surface area contributed by atoms with Crippen LogP contribution in [0.3, 0.4) is 0 Å². The van der Waals surface area contributed by atoms with E-state index in [1.807, 2.05) is 30.3 Å². The van der Waals surface area contributed by atoms with Crippen LogP contribution < -0.4 is 19.6 Å². The van der Waals surface area contributed by atoms with Crippen molar-refractivity contribution >= 4 is 23.7 Å². The molecular formula is C26H27ClN2O4. The highest BCUT2D eigenvalue weighted by molar-refractivity contribution is 6.30. The summed E-state index contributed by atoms with van der Waals surface area (Å²) in [6.07, 6.45) is 3.50. The van der Waals surface area contributed by atoms with Gasteiger partial charge in [0, 0.05) is 16.1 Å². The van der Waals surface area contributed by atoms with E-state index in [1.54, 1.807) is 36.4 Å². The summed E-state index contributed by atoms with van der Waals surface area (Å²) in [5.41, 5.74) is 4.63. The number of ether oxygens (including phenoxy) is 3. The number of unbranched alkanes of at least 4 members (excludes halogenated alkanes) is 1. The van der Waals surface area contributed by atoms with Crippen molar-refractivity contribution in [1.29, 1.82) is 0 Å². The molecule has 33 heavy (non-hydrogen) atoms. The molecule has 0 aliphatic heterocycles. The minimum Gasteiger partial charge on any atom is -0.493 e. The number of rotatable bonds is 11. The van der Waals surface area contributed by atoms with Gasteiger partial charge in [-0.25, -0.2) is 5.43 Å². The number of carbonyl (C=O) groups is 1. The van der Waals surface area contributed by atoms with E-state index in [9.17, 15) is 4.79 Å². The van der Waals surface area contributed by atoms with E-state index in [0.717, 1.165) is 18.4 Å². The highest BCUT2D eigenvalue weighted by Gasteiger charge is 2.11. The molecule has 0 atom stereocenters. The van der Waals surface area contributed by atoms with Crippen molar-refractivity contribution in [2.45, 2.75) is 26.4 Å². The summed E-state index contributed by atoms with van der Waals surface area (Å²) in [6.45, 7) is 3.10. The molecule has 0 saturated carbocycles. The van der Waals surface area contributed by atoms with Gasteiger partial charge in [0.05, 0.1) is 19.9 Å². The molecule has 1 N–H and O–H groups in total. The lowest BCUT2D eigenvalue weighted by molar-refractivity contribution is 0.0954. The van der Waals surface area contributed by atoms with Crippen LogP contribution in [0.15, 0.2) is 71.8 Å². The lowest BCUT2D eigenvalue weighted by Gasteiger charge is -2.12. The molecule has 3 rings (SSSR count). The molecule has 0 bridgehead atoms. The molecule has 0 aliphatic carbocycles. The second kappa shape index (κ2) is 12.5. The Kier molecular flexibility index (Phi) is 9.15. The fraction of sp³-hybridized carbons (Fsp3) is 0.231. The Morgan fingerprint density at radius 1 is 1.00 bits per heavy atom. The number of hydrazone groups is 1. The summed E-state index contributed by atoms with van der Waals surface area (Å²) in [5, 5.41) is 4.62. The molecule has 0 saturated heterocycles. The van der Waals surface area contributed by atoms with Gasteiger partial charge in [-0.05, 0) is 48.4 Å². The van der Waals surface area contributed by atoms with Gasteiger partial charge in [0.15, 0.2) is 11.5 Å². The van der Waals surface area contributed by atoms with Crippen LogP contribution >= 0.6 is 11.6 Å². The van der Waals surface area contributed by atoms with Crippen molar-refractivity contribution in [2.75, 3.05) is 13.7 Å². The Balaban J connectivity index is 1.64. The van der Waals surface area contributed by atoms with Gasteiger partial charge in [0.2, 0.25) is 0 Å².